The monoisotopic (exact) mass is 522 g/mol. The number of carbonyl (C=O) groups excluding carboxylic acids is 1. The maximum Gasteiger partial charge on any atom is 0.331 e. The lowest BCUT2D eigenvalue weighted by Gasteiger charge is -2.46. The number of aromatic hydroxyl groups is 1. The van der Waals surface area contributed by atoms with E-state index in [1.54, 1.807) is 0 Å². The van der Waals surface area contributed by atoms with Crippen molar-refractivity contribution in [3.8, 4) is 5.75 Å². The standard InChI is InChI=1S/C35H54O3/c1-14-29(36)38-35(20-19-24(31(6,7)15-2)23-28(35)34(12,13)18-5)27-22-25(32(8,9)16-3)21-26(30(27)37)33(10,11)17-4/h14,19,21-23,37H,1,15-18,20H2,2-13H3. The zero-order valence-electron chi connectivity index (χ0n) is 26.4. The number of ether oxygens (including phenoxy) is 1. The highest BCUT2D eigenvalue weighted by Crippen LogP contribution is 2.56. The maximum absolute atomic E-state index is 13.1. The van der Waals surface area contributed by atoms with Crippen molar-refractivity contribution in [1.82, 2.24) is 0 Å². The number of rotatable bonds is 11. The summed E-state index contributed by atoms with van der Waals surface area (Å²) in [6.07, 6.45) is 9.85. The van der Waals surface area contributed by atoms with Gasteiger partial charge in [0.2, 0.25) is 0 Å². The third-order valence-corrected chi connectivity index (χ3v) is 9.89. The number of hydrogen-bond acceptors (Lipinski definition) is 3. The molecule has 1 N–H and O–H groups in total. The van der Waals surface area contributed by atoms with E-state index in [0.29, 0.717) is 12.0 Å². The quantitative estimate of drug-likeness (QED) is 0.232. The van der Waals surface area contributed by atoms with E-state index in [9.17, 15) is 9.90 Å². The number of carbonyl (C=O) groups is 1. The van der Waals surface area contributed by atoms with E-state index in [1.165, 1.54) is 11.6 Å². The van der Waals surface area contributed by atoms with E-state index in [0.717, 1.165) is 42.4 Å². The Kier molecular flexibility index (Phi) is 9.29. The van der Waals surface area contributed by atoms with Crippen LogP contribution in [0.1, 0.15) is 132 Å². The molecule has 0 aromatic heterocycles. The third kappa shape index (κ3) is 5.82. The van der Waals surface area contributed by atoms with Gasteiger partial charge in [0.1, 0.15) is 5.75 Å². The van der Waals surface area contributed by atoms with E-state index < -0.39 is 11.6 Å². The highest BCUT2D eigenvalue weighted by molar-refractivity contribution is 5.82. The van der Waals surface area contributed by atoms with Crippen LogP contribution in [0.2, 0.25) is 0 Å². The molecule has 0 saturated heterocycles. The summed E-state index contributed by atoms with van der Waals surface area (Å²) in [6, 6.07) is 4.28. The Morgan fingerprint density at radius 2 is 1.42 bits per heavy atom. The lowest BCUT2D eigenvalue weighted by atomic mass is 9.63. The van der Waals surface area contributed by atoms with Gasteiger partial charge in [0.15, 0.2) is 5.60 Å². The van der Waals surface area contributed by atoms with Crippen LogP contribution in [0.4, 0.5) is 0 Å². The van der Waals surface area contributed by atoms with Gasteiger partial charge < -0.3 is 9.84 Å². The average molecular weight is 523 g/mol. The summed E-state index contributed by atoms with van der Waals surface area (Å²) in [5, 5.41) is 12.1. The van der Waals surface area contributed by atoms with Crippen LogP contribution in [0.5, 0.6) is 5.75 Å². The molecule has 3 nitrogen and oxygen atoms in total. The van der Waals surface area contributed by atoms with Gasteiger partial charge in [0, 0.05) is 23.6 Å². The Balaban J connectivity index is 3.13. The molecule has 1 aromatic rings. The van der Waals surface area contributed by atoms with Gasteiger partial charge in [0.05, 0.1) is 0 Å². The fraction of sp³-hybridized carbons (Fsp3) is 0.629. The lowest BCUT2D eigenvalue weighted by Crippen LogP contribution is -2.42. The first-order valence-corrected chi connectivity index (χ1v) is 14.6. The van der Waals surface area contributed by atoms with E-state index in [1.807, 2.05) is 0 Å². The second-order valence-electron chi connectivity index (χ2n) is 13.7. The van der Waals surface area contributed by atoms with Gasteiger partial charge in [-0.3, -0.25) is 0 Å². The second-order valence-corrected chi connectivity index (χ2v) is 13.7. The Morgan fingerprint density at radius 3 is 1.89 bits per heavy atom. The predicted molar refractivity (Wildman–Crippen MR) is 162 cm³/mol. The molecule has 0 radical (unpaired) electrons. The fourth-order valence-corrected chi connectivity index (χ4v) is 5.17. The summed E-state index contributed by atoms with van der Waals surface area (Å²) in [5.41, 5.74) is 3.20. The van der Waals surface area contributed by atoms with Crippen molar-refractivity contribution >= 4 is 5.97 Å². The molecule has 1 aliphatic rings. The molecule has 1 unspecified atom stereocenters. The molecule has 0 aliphatic heterocycles. The summed E-state index contributed by atoms with van der Waals surface area (Å²) in [6.45, 7) is 30.2. The number of allylic oxidation sites excluding steroid dienone is 2. The Bertz CT molecular complexity index is 1110. The van der Waals surface area contributed by atoms with Crippen LogP contribution in [0, 0.1) is 10.8 Å². The first kappa shape index (κ1) is 31.9. The molecule has 0 spiro atoms. The molecule has 1 aliphatic carbocycles. The predicted octanol–water partition coefficient (Wildman–Crippen LogP) is 9.82. The average Bonchev–Trinajstić information content (AvgIpc) is 2.88. The Labute approximate surface area is 233 Å². The van der Waals surface area contributed by atoms with Crippen molar-refractivity contribution in [2.75, 3.05) is 0 Å². The summed E-state index contributed by atoms with van der Waals surface area (Å²) in [5.74, 6) is -0.251. The molecule has 3 heteroatoms. The van der Waals surface area contributed by atoms with Crippen LogP contribution in [0.25, 0.3) is 0 Å². The summed E-state index contributed by atoms with van der Waals surface area (Å²) >= 11 is 0. The minimum atomic E-state index is -1.14. The third-order valence-electron chi connectivity index (χ3n) is 9.89. The maximum atomic E-state index is 13.1. The summed E-state index contributed by atoms with van der Waals surface area (Å²) in [7, 11) is 0. The molecule has 212 valence electrons. The molecule has 0 heterocycles. The minimum absolute atomic E-state index is 0.0207. The summed E-state index contributed by atoms with van der Waals surface area (Å²) < 4.78 is 6.46. The first-order valence-electron chi connectivity index (χ1n) is 14.6. The minimum Gasteiger partial charge on any atom is -0.507 e. The van der Waals surface area contributed by atoms with E-state index in [2.05, 4.69) is 114 Å². The molecule has 2 rings (SSSR count). The van der Waals surface area contributed by atoms with Crippen LogP contribution in [0.3, 0.4) is 0 Å². The zero-order chi connectivity index (χ0) is 29.3. The summed E-state index contributed by atoms with van der Waals surface area (Å²) in [4.78, 5) is 13.1. The van der Waals surface area contributed by atoms with Gasteiger partial charge in [-0.2, -0.15) is 0 Å². The fourth-order valence-electron chi connectivity index (χ4n) is 5.17. The van der Waals surface area contributed by atoms with E-state index in [4.69, 9.17) is 4.74 Å². The van der Waals surface area contributed by atoms with Gasteiger partial charge in [-0.1, -0.05) is 108 Å². The molecule has 1 aromatic carbocycles. The van der Waals surface area contributed by atoms with Crippen LogP contribution in [-0.2, 0) is 26.0 Å². The lowest BCUT2D eigenvalue weighted by molar-refractivity contribution is -0.152. The molecule has 0 amide bonds. The van der Waals surface area contributed by atoms with Crippen molar-refractivity contribution < 1.29 is 14.6 Å². The Morgan fingerprint density at radius 1 is 0.895 bits per heavy atom. The van der Waals surface area contributed by atoms with Crippen molar-refractivity contribution in [3.05, 3.63) is 64.8 Å². The van der Waals surface area contributed by atoms with Crippen LogP contribution >= 0.6 is 0 Å². The van der Waals surface area contributed by atoms with E-state index >= 15 is 0 Å². The van der Waals surface area contributed by atoms with Crippen molar-refractivity contribution in [1.29, 1.82) is 0 Å². The van der Waals surface area contributed by atoms with Crippen LogP contribution in [0.15, 0.2) is 48.1 Å². The second kappa shape index (κ2) is 11.1. The first-order chi connectivity index (χ1) is 17.4. The topological polar surface area (TPSA) is 46.5 Å². The Hall–Kier alpha value is -2.29. The van der Waals surface area contributed by atoms with Crippen LogP contribution in [-0.4, -0.2) is 11.1 Å². The SMILES string of the molecule is C=CC(=O)OC1(c2cc(C(C)(C)CC)cc(C(C)(C)CC)c2O)CC=C(C(C)(C)CC)C=C1C(C)(C)CC. The molecule has 0 fully saturated rings. The van der Waals surface area contributed by atoms with Crippen molar-refractivity contribution in [3.63, 3.8) is 0 Å². The van der Waals surface area contributed by atoms with Crippen LogP contribution < -0.4 is 0 Å². The number of esters is 1. The highest BCUT2D eigenvalue weighted by atomic mass is 16.6. The molecule has 0 saturated carbocycles. The highest BCUT2D eigenvalue weighted by Gasteiger charge is 2.50. The molecular formula is C35H54O3. The van der Waals surface area contributed by atoms with Gasteiger partial charge in [-0.25, -0.2) is 4.79 Å². The number of hydrogen-bond donors (Lipinski definition) is 1. The van der Waals surface area contributed by atoms with Gasteiger partial charge in [-0.05, 0) is 70.1 Å². The molecule has 1 atom stereocenters. The smallest absolute Gasteiger partial charge is 0.331 e. The molecule has 38 heavy (non-hydrogen) atoms. The molecule has 0 bridgehead atoms. The number of phenolic OH excluding ortho intramolecular Hbond substituents is 1. The van der Waals surface area contributed by atoms with E-state index in [-0.39, 0.29) is 27.4 Å². The largest absolute Gasteiger partial charge is 0.507 e. The number of phenols is 1. The number of benzene rings is 1. The molecular weight excluding hydrogens is 468 g/mol. The van der Waals surface area contributed by atoms with Gasteiger partial charge >= 0.3 is 5.97 Å². The normalized spacial score (nSPS) is 19.1. The van der Waals surface area contributed by atoms with Crippen molar-refractivity contribution in [2.45, 2.75) is 132 Å². The zero-order valence-corrected chi connectivity index (χ0v) is 26.4. The van der Waals surface area contributed by atoms with Crippen molar-refractivity contribution in [2.24, 2.45) is 10.8 Å². The van der Waals surface area contributed by atoms with Gasteiger partial charge in [0.25, 0.3) is 0 Å². The van der Waals surface area contributed by atoms with Gasteiger partial charge in [-0.15, -0.1) is 0 Å².